The van der Waals surface area contributed by atoms with Crippen molar-refractivity contribution in [2.24, 2.45) is 5.73 Å². The maximum absolute atomic E-state index is 12.3. The van der Waals surface area contributed by atoms with Gasteiger partial charge in [-0.15, -0.1) is 0 Å². The van der Waals surface area contributed by atoms with E-state index in [1.165, 1.54) is 16.8 Å². The lowest BCUT2D eigenvalue weighted by Crippen LogP contribution is -2.39. The van der Waals surface area contributed by atoms with Gasteiger partial charge in [-0.2, -0.15) is 0 Å². The minimum Gasteiger partial charge on any atom is -0.330 e. The maximum Gasteiger partial charge on any atom is 0.331 e. The molecule has 2 aromatic rings. The largest absolute Gasteiger partial charge is 0.331 e. The summed E-state index contributed by atoms with van der Waals surface area (Å²) in [6.07, 6.45) is 2.01. The van der Waals surface area contributed by atoms with Gasteiger partial charge in [0.05, 0.1) is 6.54 Å². The molecule has 0 fully saturated rings. The normalized spacial score (nSPS) is 10.8. The number of hydrogen-bond donors (Lipinski definition) is 1. The topological polar surface area (TPSA) is 70.0 Å². The van der Waals surface area contributed by atoms with Crippen molar-refractivity contribution in [1.29, 1.82) is 0 Å². The van der Waals surface area contributed by atoms with Gasteiger partial charge in [-0.1, -0.05) is 29.3 Å². The van der Waals surface area contributed by atoms with Gasteiger partial charge in [0.1, 0.15) is 0 Å². The van der Waals surface area contributed by atoms with Crippen LogP contribution in [0.4, 0.5) is 0 Å². The second kappa shape index (κ2) is 6.93. The Balaban J connectivity index is 2.42. The summed E-state index contributed by atoms with van der Waals surface area (Å²) in [7, 11) is 0. The van der Waals surface area contributed by atoms with Crippen molar-refractivity contribution in [1.82, 2.24) is 9.13 Å². The first-order valence-corrected chi connectivity index (χ1v) is 7.23. The van der Waals surface area contributed by atoms with Crippen LogP contribution in [-0.4, -0.2) is 15.7 Å². The van der Waals surface area contributed by atoms with Gasteiger partial charge in [0.25, 0.3) is 5.56 Å². The molecule has 1 aromatic carbocycles. The summed E-state index contributed by atoms with van der Waals surface area (Å²) in [6, 6.07) is 6.50. The van der Waals surface area contributed by atoms with Crippen molar-refractivity contribution in [3.8, 4) is 0 Å². The summed E-state index contributed by atoms with van der Waals surface area (Å²) in [5.74, 6) is 0. The molecule has 0 radical (unpaired) electrons. The molecule has 0 spiro atoms. The smallest absolute Gasteiger partial charge is 0.330 e. The quantitative estimate of drug-likeness (QED) is 0.908. The van der Waals surface area contributed by atoms with E-state index in [0.29, 0.717) is 35.1 Å². The van der Waals surface area contributed by atoms with Crippen molar-refractivity contribution >= 4 is 23.2 Å². The fraction of sp³-hybridized carbons (Fsp3) is 0.286. The van der Waals surface area contributed by atoms with Gasteiger partial charge in [-0.25, -0.2) is 4.79 Å². The standard InChI is InChI=1S/C14H15Cl2N3O2/c15-11-3-1-4-12(16)10(11)9-18-8-5-13(20)19(14(18)21)7-2-6-17/h1,3-5,8H,2,6-7,9,17H2. The molecule has 0 bridgehead atoms. The number of nitrogens with zero attached hydrogens (tertiary/aromatic N) is 2. The van der Waals surface area contributed by atoms with E-state index in [2.05, 4.69) is 0 Å². The highest BCUT2D eigenvalue weighted by atomic mass is 35.5. The molecule has 2 rings (SSSR count). The van der Waals surface area contributed by atoms with E-state index in [-0.39, 0.29) is 12.1 Å². The van der Waals surface area contributed by atoms with Gasteiger partial charge in [-0.3, -0.25) is 13.9 Å². The molecular formula is C14H15Cl2N3O2. The molecule has 2 N–H and O–H groups in total. The molecule has 0 atom stereocenters. The van der Waals surface area contributed by atoms with Crippen LogP contribution in [0.25, 0.3) is 0 Å². The Bertz CT molecular complexity index is 732. The van der Waals surface area contributed by atoms with Crippen molar-refractivity contribution in [3.63, 3.8) is 0 Å². The number of rotatable bonds is 5. The second-order valence-corrected chi connectivity index (χ2v) is 5.37. The maximum atomic E-state index is 12.3. The highest BCUT2D eigenvalue weighted by molar-refractivity contribution is 6.35. The van der Waals surface area contributed by atoms with Crippen molar-refractivity contribution in [3.05, 3.63) is 66.9 Å². The highest BCUT2D eigenvalue weighted by Crippen LogP contribution is 2.24. The number of nitrogens with two attached hydrogens (primary N) is 1. The Labute approximate surface area is 131 Å². The molecule has 1 heterocycles. The molecule has 0 amide bonds. The van der Waals surface area contributed by atoms with Crippen LogP contribution in [0.5, 0.6) is 0 Å². The Hall–Kier alpha value is -1.56. The predicted molar refractivity (Wildman–Crippen MR) is 84.2 cm³/mol. The summed E-state index contributed by atoms with van der Waals surface area (Å²) in [5, 5.41) is 0.961. The van der Waals surface area contributed by atoms with Gasteiger partial charge in [-0.05, 0) is 25.1 Å². The van der Waals surface area contributed by atoms with Crippen LogP contribution in [0.2, 0.25) is 10.0 Å². The predicted octanol–water partition coefficient (Wildman–Crippen LogP) is 1.71. The second-order valence-electron chi connectivity index (χ2n) is 4.56. The molecule has 0 aliphatic heterocycles. The van der Waals surface area contributed by atoms with Crippen LogP contribution >= 0.6 is 23.2 Å². The van der Waals surface area contributed by atoms with Crippen LogP contribution in [0.15, 0.2) is 40.1 Å². The zero-order valence-electron chi connectivity index (χ0n) is 11.3. The van der Waals surface area contributed by atoms with Gasteiger partial charge in [0, 0.05) is 34.4 Å². The third-order valence-electron chi connectivity index (χ3n) is 3.12. The number of benzene rings is 1. The van der Waals surface area contributed by atoms with E-state index >= 15 is 0 Å². The third kappa shape index (κ3) is 3.56. The zero-order valence-corrected chi connectivity index (χ0v) is 12.8. The van der Waals surface area contributed by atoms with E-state index in [9.17, 15) is 9.59 Å². The zero-order chi connectivity index (χ0) is 15.4. The fourth-order valence-corrected chi connectivity index (χ4v) is 2.50. The summed E-state index contributed by atoms with van der Waals surface area (Å²) < 4.78 is 2.57. The minimum atomic E-state index is -0.396. The van der Waals surface area contributed by atoms with Crippen LogP contribution in [0, 0.1) is 0 Å². The summed E-state index contributed by atoms with van der Waals surface area (Å²) in [4.78, 5) is 24.1. The first-order chi connectivity index (χ1) is 10.0. The highest BCUT2D eigenvalue weighted by Gasteiger charge is 2.10. The van der Waals surface area contributed by atoms with Crippen molar-refractivity contribution in [2.45, 2.75) is 19.5 Å². The monoisotopic (exact) mass is 327 g/mol. The number of halogens is 2. The van der Waals surface area contributed by atoms with Crippen LogP contribution in [0.3, 0.4) is 0 Å². The van der Waals surface area contributed by atoms with E-state index in [0.717, 1.165) is 4.57 Å². The minimum absolute atomic E-state index is 0.209. The third-order valence-corrected chi connectivity index (χ3v) is 3.82. The van der Waals surface area contributed by atoms with Crippen molar-refractivity contribution in [2.75, 3.05) is 6.54 Å². The van der Waals surface area contributed by atoms with E-state index in [4.69, 9.17) is 28.9 Å². The lowest BCUT2D eigenvalue weighted by atomic mass is 10.2. The first-order valence-electron chi connectivity index (χ1n) is 6.48. The van der Waals surface area contributed by atoms with Gasteiger partial charge >= 0.3 is 5.69 Å². The molecular weight excluding hydrogens is 313 g/mol. The molecule has 0 aliphatic rings. The van der Waals surface area contributed by atoms with Crippen LogP contribution in [0.1, 0.15) is 12.0 Å². The average molecular weight is 328 g/mol. The van der Waals surface area contributed by atoms with Gasteiger partial charge in [0.2, 0.25) is 0 Å². The van der Waals surface area contributed by atoms with Crippen LogP contribution in [-0.2, 0) is 13.1 Å². The van der Waals surface area contributed by atoms with E-state index in [1.807, 2.05) is 0 Å². The molecule has 1 aromatic heterocycles. The summed E-state index contributed by atoms with van der Waals surface area (Å²) >= 11 is 12.2. The molecule has 7 heteroatoms. The van der Waals surface area contributed by atoms with E-state index < -0.39 is 5.69 Å². The molecule has 5 nitrogen and oxygen atoms in total. The van der Waals surface area contributed by atoms with E-state index in [1.54, 1.807) is 18.2 Å². The number of aromatic nitrogens is 2. The number of hydrogen-bond acceptors (Lipinski definition) is 3. The van der Waals surface area contributed by atoms with Gasteiger partial charge < -0.3 is 5.73 Å². The fourth-order valence-electron chi connectivity index (χ4n) is 1.99. The molecule has 0 saturated carbocycles. The average Bonchev–Trinajstić information content (AvgIpc) is 2.45. The summed E-state index contributed by atoms with van der Waals surface area (Å²) in [5.41, 5.74) is 5.33. The SMILES string of the molecule is NCCCn1c(=O)ccn(Cc2c(Cl)cccc2Cl)c1=O. The van der Waals surface area contributed by atoms with Crippen molar-refractivity contribution < 1.29 is 0 Å². The molecule has 0 unspecified atom stereocenters. The lowest BCUT2D eigenvalue weighted by molar-refractivity contribution is 0.554. The van der Waals surface area contributed by atoms with Crippen LogP contribution < -0.4 is 17.0 Å². The Kier molecular flexibility index (Phi) is 5.22. The first kappa shape index (κ1) is 15.8. The Morgan fingerprint density at radius 2 is 1.76 bits per heavy atom. The molecule has 0 saturated heterocycles. The Morgan fingerprint density at radius 3 is 2.38 bits per heavy atom. The molecule has 112 valence electrons. The lowest BCUT2D eigenvalue weighted by Gasteiger charge is -2.11. The Morgan fingerprint density at radius 1 is 1.10 bits per heavy atom. The van der Waals surface area contributed by atoms with Gasteiger partial charge in [0.15, 0.2) is 0 Å². The molecule has 21 heavy (non-hydrogen) atoms. The molecule has 0 aliphatic carbocycles. The summed E-state index contributed by atoms with van der Waals surface area (Å²) in [6.45, 7) is 0.919.